The number of hydrogen-bond donors (Lipinski definition) is 2. The molecule has 0 radical (unpaired) electrons. The first-order valence-electron chi connectivity index (χ1n) is 4.63. The maximum atomic E-state index is 13.3. The van der Waals surface area contributed by atoms with Crippen LogP contribution in [0.1, 0.15) is 11.4 Å². The van der Waals surface area contributed by atoms with Crippen LogP contribution in [0.15, 0.2) is 18.2 Å². The summed E-state index contributed by atoms with van der Waals surface area (Å²) in [5.74, 6) is 0.195. The first kappa shape index (κ1) is 11.0. The fourth-order valence-corrected chi connectivity index (χ4v) is 1.49. The Morgan fingerprint density at radius 3 is 2.94 bits per heavy atom. The summed E-state index contributed by atoms with van der Waals surface area (Å²) in [6.07, 6.45) is 0. The second-order valence-electron chi connectivity index (χ2n) is 3.13. The largest absolute Gasteiger partial charge is 0.305 e. The number of halogens is 2. The number of tetrazole rings is 1. The number of H-pyrrole nitrogens is 1. The molecule has 5 nitrogen and oxygen atoms in total. The van der Waals surface area contributed by atoms with Gasteiger partial charge in [0.25, 0.3) is 0 Å². The summed E-state index contributed by atoms with van der Waals surface area (Å²) in [6.45, 7) is 0.723. The van der Waals surface area contributed by atoms with Crippen LogP contribution in [0.25, 0.3) is 0 Å². The molecule has 0 spiro atoms. The molecule has 7 heteroatoms. The predicted molar refractivity (Wildman–Crippen MR) is 56.1 cm³/mol. The molecule has 0 saturated carbocycles. The van der Waals surface area contributed by atoms with Crippen LogP contribution in [-0.4, -0.2) is 20.6 Å². The monoisotopic (exact) mass is 241 g/mol. The lowest BCUT2D eigenvalue weighted by molar-refractivity contribution is 0.583. The lowest BCUT2D eigenvalue weighted by Crippen LogP contribution is -2.15. The fourth-order valence-electron chi connectivity index (χ4n) is 1.26. The number of benzene rings is 1. The number of aromatic nitrogens is 4. The minimum absolute atomic E-state index is 0.319. The SMILES string of the molecule is Fc1cccc(Cl)c1CNCc1nn[nH]n1. The van der Waals surface area contributed by atoms with Gasteiger partial charge in [0.15, 0.2) is 5.82 Å². The normalized spacial score (nSPS) is 10.6. The van der Waals surface area contributed by atoms with E-state index in [-0.39, 0.29) is 5.82 Å². The molecule has 0 aliphatic heterocycles. The molecule has 2 N–H and O–H groups in total. The van der Waals surface area contributed by atoms with Gasteiger partial charge in [0, 0.05) is 17.1 Å². The highest BCUT2D eigenvalue weighted by atomic mass is 35.5. The quantitative estimate of drug-likeness (QED) is 0.846. The van der Waals surface area contributed by atoms with Crippen LogP contribution in [0.2, 0.25) is 5.02 Å². The molecule has 0 saturated heterocycles. The molecule has 0 aliphatic carbocycles. The van der Waals surface area contributed by atoms with E-state index in [1.807, 2.05) is 0 Å². The fraction of sp³-hybridized carbons (Fsp3) is 0.222. The van der Waals surface area contributed by atoms with Crippen LogP contribution < -0.4 is 5.32 Å². The highest BCUT2D eigenvalue weighted by Gasteiger charge is 2.06. The second kappa shape index (κ2) is 5.00. The van der Waals surface area contributed by atoms with Crippen molar-refractivity contribution in [2.45, 2.75) is 13.1 Å². The van der Waals surface area contributed by atoms with E-state index in [4.69, 9.17) is 11.6 Å². The van der Waals surface area contributed by atoms with Gasteiger partial charge in [0.2, 0.25) is 0 Å². The summed E-state index contributed by atoms with van der Waals surface area (Å²) < 4.78 is 13.3. The zero-order valence-corrected chi connectivity index (χ0v) is 9.00. The number of nitrogens with zero attached hydrogens (tertiary/aromatic N) is 3. The van der Waals surface area contributed by atoms with E-state index in [0.717, 1.165) is 0 Å². The third-order valence-electron chi connectivity index (χ3n) is 2.04. The van der Waals surface area contributed by atoms with Crippen LogP contribution in [0.5, 0.6) is 0 Å². The van der Waals surface area contributed by atoms with Gasteiger partial charge >= 0.3 is 0 Å². The Labute approximate surface area is 96.0 Å². The molecule has 0 amide bonds. The van der Waals surface area contributed by atoms with E-state index in [9.17, 15) is 4.39 Å². The maximum absolute atomic E-state index is 13.3. The zero-order chi connectivity index (χ0) is 11.4. The van der Waals surface area contributed by atoms with E-state index in [1.165, 1.54) is 6.07 Å². The van der Waals surface area contributed by atoms with Crippen molar-refractivity contribution in [3.8, 4) is 0 Å². The summed E-state index contributed by atoms with van der Waals surface area (Å²) in [5, 5.41) is 16.6. The van der Waals surface area contributed by atoms with Gasteiger partial charge in [-0.25, -0.2) is 4.39 Å². The molecule has 0 unspecified atom stereocenters. The van der Waals surface area contributed by atoms with Crippen molar-refractivity contribution >= 4 is 11.6 Å². The number of aromatic amines is 1. The van der Waals surface area contributed by atoms with Crippen molar-refractivity contribution < 1.29 is 4.39 Å². The van der Waals surface area contributed by atoms with Crippen molar-refractivity contribution in [3.05, 3.63) is 40.4 Å². The minimum atomic E-state index is -0.326. The van der Waals surface area contributed by atoms with Gasteiger partial charge in [-0.3, -0.25) is 0 Å². The molecule has 84 valence electrons. The van der Waals surface area contributed by atoms with Gasteiger partial charge in [0.05, 0.1) is 6.54 Å². The smallest absolute Gasteiger partial charge is 0.188 e. The first-order valence-corrected chi connectivity index (χ1v) is 5.01. The van der Waals surface area contributed by atoms with Crippen molar-refractivity contribution in [3.63, 3.8) is 0 Å². The maximum Gasteiger partial charge on any atom is 0.188 e. The molecular formula is C9H9ClFN5. The Balaban J connectivity index is 1.95. The van der Waals surface area contributed by atoms with Gasteiger partial charge in [-0.05, 0) is 12.1 Å². The van der Waals surface area contributed by atoms with Gasteiger partial charge < -0.3 is 5.32 Å². The molecule has 1 aromatic heterocycles. The van der Waals surface area contributed by atoms with Crippen molar-refractivity contribution in [1.82, 2.24) is 25.9 Å². The number of hydrogen-bond acceptors (Lipinski definition) is 4. The van der Waals surface area contributed by atoms with E-state index < -0.39 is 0 Å². The summed E-state index contributed by atoms with van der Waals surface area (Å²) in [7, 11) is 0. The lowest BCUT2D eigenvalue weighted by atomic mass is 10.2. The highest BCUT2D eigenvalue weighted by Crippen LogP contribution is 2.18. The van der Waals surface area contributed by atoms with Crippen molar-refractivity contribution in [1.29, 1.82) is 0 Å². The Hall–Kier alpha value is -1.53. The molecule has 1 heterocycles. The molecule has 0 atom stereocenters. The molecule has 0 bridgehead atoms. The van der Waals surface area contributed by atoms with Gasteiger partial charge in [0.1, 0.15) is 5.82 Å². The molecule has 2 rings (SSSR count). The van der Waals surface area contributed by atoms with Crippen molar-refractivity contribution in [2.75, 3.05) is 0 Å². The highest BCUT2D eigenvalue weighted by molar-refractivity contribution is 6.31. The molecule has 2 aromatic rings. The molecule has 0 fully saturated rings. The van der Waals surface area contributed by atoms with Crippen molar-refractivity contribution in [2.24, 2.45) is 0 Å². The van der Waals surface area contributed by atoms with E-state index in [0.29, 0.717) is 29.5 Å². The van der Waals surface area contributed by atoms with Crippen LogP contribution >= 0.6 is 11.6 Å². The van der Waals surface area contributed by atoms with Gasteiger partial charge in [-0.1, -0.05) is 22.9 Å². The Morgan fingerprint density at radius 2 is 2.25 bits per heavy atom. The molecular weight excluding hydrogens is 233 g/mol. The summed E-state index contributed by atoms with van der Waals surface area (Å²) in [5.41, 5.74) is 0.438. The average molecular weight is 242 g/mol. The predicted octanol–water partition coefficient (Wildman–Crippen LogP) is 1.28. The third-order valence-corrected chi connectivity index (χ3v) is 2.39. The topological polar surface area (TPSA) is 66.5 Å². The van der Waals surface area contributed by atoms with Gasteiger partial charge in [-0.15, -0.1) is 10.2 Å². The Bertz CT molecular complexity index is 439. The zero-order valence-electron chi connectivity index (χ0n) is 8.24. The number of rotatable bonds is 4. The van der Waals surface area contributed by atoms with Crippen LogP contribution in [0.3, 0.4) is 0 Å². The van der Waals surface area contributed by atoms with Crippen LogP contribution in [0.4, 0.5) is 4.39 Å². The van der Waals surface area contributed by atoms with Crippen LogP contribution in [-0.2, 0) is 13.1 Å². The molecule has 16 heavy (non-hydrogen) atoms. The second-order valence-corrected chi connectivity index (χ2v) is 3.54. The van der Waals surface area contributed by atoms with E-state index in [2.05, 4.69) is 25.9 Å². The summed E-state index contributed by atoms with van der Waals surface area (Å²) >= 11 is 5.86. The number of nitrogens with one attached hydrogen (secondary N) is 2. The summed E-state index contributed by atoms with van der Waals surface area (Å²) in [4.78, 5) is 0. The van der Waals surface area contributed by atoms with E-state index in [1.54, 1.807) is 12.1 Å². The Morgan fingerprint density at radius 1 is 1.38 bits per heavy atom. The third kappa shape index (κ3) is 2.53. The minimum Gasteiger partial charge on any atom is -0.305 e. The van der Waals surface area contributed by atoms with E-state index >= 15 is 0 Å². The standard InChI is InChI=1S/C9H9ClFN5/c10-7-2-1-3-8(11)6(7)4-12-5-9-13-15-16-14-9/h1-3,12H,4-5H2,(H,13,14,15,16). The Kier molecular flexibility index (Phi) is 3.43. The first-order chi connectivity index (χ1) is 7.77. The average Bonchev–Trinajstić information content (AvgIpc) is 2.75. The molecule has 1 aromatic carbocycles. The summed E-state index contributed by atoms with van der Waals surface area (Å²) in [6, 6.07) is 4.59. The molecule has 0 aliphatic rings. The van der Waals surface area contributed by atoms with Gasteiger partial charge in [-0.2, -0.15) is 5.21 Å². The lowest BCUT2D eigenvalue weighted by Gasteiger charge is -2.05. The van der Waals surface area contributed by atoms with Crippen LogP contribution in [0, 0.1) is 5.82 Å².